The summed E-state index contributed by atoms with van der Waals surface area (Å²) in [5.74, 6) is -0.894. The minimum atomic E-state index is -5.24. The number of halogens is 6. The number of aliphatic hydroxyl groups is 1. The van der Waals surface area contributed by atoms with Gasteiger partial charge in [-0.3, -0.25) is 0 Å². The molecule has 1 heterocycles. The summed E-state index contributed by atoms with van der Waals surface area (Å²) in [6.07, 6.45) is -6.70. The summed E-state index contributed by atoms with van der Waals surface area (Å²) in [6, 6.07) is 1.63. The number of rotatable bonds is 6. The molecular formula is C19H19F6N5O2. The third-order valence-electron chi connectivity index (χ3n) is 4.76. The third-order valence-corrected chi connectivity index (χ3v) is 4.76. The predicted molar refractivity (Wildman–Crippen MR) is 102 cm³/mol. The average Bonchev–Trinajstić information content (AvgIpc) is 2.63. The molecule has 0 spiro atoms. The van der Waals surface area contributed by atoms with Crippen molar-refractivity contribution in [3.63, 3.8) is 0 Å². The second-order valence-corrected chi connectivity index (χ2v) is 7.64. The van der Waals surface area contributed by atoms with Gasteiger partial charge >= 0.3 is 12.5 Å². The third kappa shape index (κ3) is 5.78. The number of benzene rings is 1. The van der Waals surface area contributed by atoms with E-state index in [1.54, 1.807) is 6.92 Å². The second kappa shape index (κ2) is 8.45. The number of aromatic nitrogens is 3. The van der Waals surface area contributed by atoms with Crippen LogP contribution in [0.25, 0.3) is 17.3 Å². The standard InChI is InChI=1S/C19H19F6N5O2/c1-17(31)7-10(8-17)9-27-16-28-13(4-5-26)15(29-30-16)12-3-2-11(18(20,21)22)6-14(12)32-19(23,24)25/h2-6,10,31H,7-9,26H2,1H3,(H,27,28,30). The smallest absolute Gasteiger partial charge is 0.405 e. The molecule has 0 amide bonds. The number of hydrogen-bond donors (Lipinski definition) is 3. The lowest BCUT2D eigenvalue weighted by molar-refractivity contribution is -0.274. The summed E-state index contributed by atoms with van der Waals surface area (Å²) in [7, 11) is 0. The Labute approximate surface area is 178 Å². The van der Waals surface area contributed by atoms with E-state index in [9.17, 15) is 31.4 Å². The lowest BCUT2D eigenvalue weighted by atomic mass is 9.72. The maximum atomic E-state index is 13.0. The molecule has 1 saturated carbocycles. The van der Waals surface area contributed by atoms with Crippen LogP contribution in [0.1, 0.15) is 31.0 Å². The molecule has 1 aromatic carbocycles. The van der Waals surface area contributed by atoms with E-state index >= 15 is 0 Å². The molecule has 0 atom stereocenters. The fourth-order valence-corrected chi connectivity index (χ4v) is 3.48. The van der Waals surface area contributed by atoms with Crippen LogP contribution in [0.4, 0.5) is 32.3 Å². The number of hydrogen-bond acceptors (Lipinski definition) is 7. The highest BCUT2D eigenvalue weighted by molar-refractivity contribution is 5.75. The zero-order valence-corrected chi connectivity index (χ0v) is 16.6. The average molecular weight is 463 g/mol. The fourth-order valence-electron chi connectivity index (χ4n) is 3.48. The van der Waals surface area contributed by atoms with Gasteiger partial charge in [-0.1, -0.05) is 0 Å². The van der Waals surface area contributed by atoms with Gasteiger partial charge in [-0.2, -0.15) is 13.2 Å². The SMILES string of the molecule is CC1(O)CC(CNc2nnc(-c3ccc(C(F)(F)F)cc3OC(F)(F)F)c(C=CN)n2)C1. The Morgan fingerprint density at radius 1 is 1.22 bits per heavy atom. The summed E-state index contributed by atoms with van der Waals surface area (Å²) in [5, 5.41) is 20.3. The molecule has 32 heavy (non-hydrogen) atoms. The van der Waals surface area contributed by atoms with Crippen LogP contribution in [0.3, 0.4) is 0 Å². The summed E-state index contributed by atoms with van der Waals surface area (Å²) in [4.78, 5) is 4.14. The lowest BCUT2D eigenvalue weighted by Gasteiger charge is -2.40. The van der Waals surface area contributed by atoms with Gasteiger partial charge in [-0.25, -0.2) is 4.98 Å². The molecule has 3 rings (SSSR count). The number of ether oxygens (including phenoxy) is 1. The highest BCUT2D eigenvalue weighted by Gasteiger charge is 2.38. The molecule has 0 aliphatic heterocycles. The minimum absolute atomic E-state index is 0.0302. The fraction of sp³-hybridized carbons (Fsp3) is 0.421. The molecule has 1 fully saturated rings. The Hall–Kier alpha value is -3.09. The molecule has 1 aliphatic carbocycles. The Balaban J connectivity index is 1.94. The quantitative estimate of drug-likeness (QED) is 0.557. The van der Waals surface area contributed by atoms with Crippen LogP contribution in [-0.2, 0) is 6.18 Å². The van der Waals surface area contributed by atoms with Crippen molar-refractivity contribution in [1.29, 1.82) is 0 Å². The summed E-state index contributed by atoms with van der Waals surface area (Å²) in [6.45, 7) is 2.14. The van der Waals surface area contributed by atoms with E-state index in [-0.39, 0.29) is 29.3 Å². The van der Waals surface area contributed by atoms with Crippen LogP contribution in [0.5, 0.6) is 5.75 Å². The first-order valence-corrected chi connectivity index (χ1v) is 9.34. The summed E-state index contributed by atoms with van der Waals surface area (Å²) < 4.78 is 81.3. The van der Waals surface area contributed by atoms with Crippen molar-refractivity contribution in [2.75, 3.05) is 11.9 Å². The maximum Gasteiger partial charge on any atom is 0.573 e. The summed E-state index contributed by atoms with van der Waals surface area (Å²) >= 11 is 0. The van der Waals surface area contributed by atoms with Crippen molar-refractivity contribution < 1.29 is 36.2 Å². The van der Waals surface area contributed by atoms with Crippen molar-refractivity contribution in [3.8, 4) is 17.0 Å². The number of alkyl halides is 6. The first-order chi connectivity index (χ1) is 14.8. The number of nitrogens with one attached hydrogen (secondary N) is 1. The van der Waals surface area contributed by atoms with Gasteiger partial charge < -0.3 is 20.9 Å². The van der Waals surface area contributed by atoms with E-state index in [0.717, 1.165) is 12.3 Å². The monoisotopic (exact) mass is 463 g/mol. The molecule has 7 nitrogen and oxygen atoms in total. The van der Waals surface area contributed by atoms with Crippen LogP contribution >= 0.6 is 0 Å². The number of nitrogens with zero attached hydrogens (tertiary/aromatic N) is 3. The van der Waals surface area contributed by atoms with E-state index in [1.807, 2.05) is 0 Å². The van der Waals surface area contributed by atoms with E-state index in [2.05, 4.69) is 25.2 Å². The Morgan fingerprint density at radius 2 is 1.91 bits per heavy atom. The molecule has 2 aromatic rings. The predicted octanol–water partition coefficient (Wildman–Crippen LogP) is 3.96. The van der Waals surface area contributed by atoms with Crippen molar-refractivity contribution in [2.24, 2.45) is 11.7 Å². The van der Waals surface area contributed by atoms with Crippen LogP contribution in [0, 0.1) is 5.92 Å². The topological polar surface area (TPSA) is 106 Å². The van der Waals surface area contributed by atoms with E-state index in [0.29, 0.717) is 25.5 Å². The van der Waals surface area contributed by atoms with Crippen molar-refractivity contribution in [3.05, 3.63) is 35.7 Å². The summed E-state index contributed by atoms with van der Waals surface area (Å²) in [5.41, 5.74) is 2.65. The Morgan fingerprint density at radius 3 is 2.47 bits per heavy atom. The van der Waals surface area contributed by atoms with Gasteiger partial charge in [0.05, 0.1) is 16.9 Å². The minimum Gasteiger partial charge on any atom is -0.405 e. The zero-order valence-electron chi connectivity index (χ0n) is 16.6. The van der Waals surface area contributed by atoms with E-state index < -0.39 is 35.0 Å². The number of anilines is 1. The molecule has 0 bridgehead atoms. The molecular weight excluding hydrogens is 444 g/mol. The lowest BCUT2D eigenvalue weighted by Crippen LogP contribution is -2.43. The van der Waals surface area contributed by atoms with Crippen LogP contribution in [-0.4, -0.2) is 38.8 Å². The van der Waals surface area contributed by atoms with Gasteiger partial charge in [0.1, 0.15) is 11.4 Å². The maximum absolute atomic E-state index is 13.0. The van der Waals surface area contributed by atoms with Crippen molar-refractivity contribution >= 4 is 12.0 Å². The molecule has 13 heteroatoms. The van der Waals surface area contributed by atoms with Crippen molar-refractivity contribution in [2.45, 2.75) is 37.9 Å². The van der Waals surface area contributed by atoms with Gasteiger partial charge in [-0.05, 0) is 56.2 Å². The number of nitrogens with two attached hydrogens (primary N) is 1. The van der Waals surface area contributed by atoms with Gasteiger partial charge in [-0.15, -0.1) is 23.4 Å². The van der Waals surface area contributed by atoms with Crippen LogP contribution < -0.4 is 15.8 Å². The van der Waals surface area contributed by atoms with Crippen LogP contribution in [0.15, 0.2) is 24.4 Å². The molecule has 0 radical (unpaired) electrons. The van der Waals surface area contributed by atoms with Crippen molar-refractivity contribution in [1.82, 2.24) is 15.2 Å². The van der Waals surface area contributed by atoms with Gasteiger partial charge in [0.25, 0.3) is 0 Å². The Kier molecular flexibility index (Phi) is 6.22. The molecule has 174 valence electrons. The molecule has 0 saturated heterocycles. The second-order valence-electron chi connectivity index (χ2n) is 7.64. The highest BCUT2D eigenvalue weighted by Crippen LogP contribution is 2.40. The zero-order chi connectivity index (χ0) is 23.7. The first-order valence-electron chi connectivity index (χ1n) is 9.34. The molecule has 1 aliphatic rings. The van der Waals surface area contributed by atoms with Gasteiger partial charge in [0, 0.05) is 12.1 Å². The largest absolute Gasteiger partial charge is 0.573 e. The molecule has 0 unspecified atom stereocenters. The van der Waals surface area contributed by atoms with Gasteiger partial charge in [0.2, 0.25) is 5.95 Å². The normalized spacial score (nSPS) is 21.4. The Bertz CT molecular complexity index is 999. The first kappa shape index (κ1) is 23.6. The van der Waals surface area contributed by atoms with Crippen LogP contribution in [0.2, 0.25) is 0 Å². The van der Waals surface area contributed by atoms with E-state index in [1.165, 1.54) is 6.08 Å². The van der Waals surface area contributed by atoms with Gasteiger partial charge in [0.15, 0.2) is 0 Å². The van der Waals surface area contributed by atoms with E-state index in [4.69, 9.17) is 5.73 Å². The molecule has 1 aromatic heterocycles. The highest BCUT2D eigenvalue weighted by atomic mass is 19.4. The molecule has 4 N–H and O–H groups in total.